The van der Waals surface area contributed by atoms with E-state index in [4.69, 9.17) is 10.7 Å². The van der Waals surface area contributed by atoms with Gasteiger partial charge in [0.25, 0.3) is 0 Å². The van der Waals surface area contributed by atoms with Gasteiger partial charge in [0, 0.05) is 5.92 Å². The van der Waals surface area contributed by atoms with E-state index in [2.05, 4.69) is 20.8 Å². The van der Waals surface area contributed by atoms with Crippen LogP contribution in [0.1, 0.15) is 63.1 Å². The van der Waals surface area contributed by atoms with E-state index in [1.54, 1.807) is 11.3 Å². The molecule has 1 fully saturated rings. The zero-order valence-electron chi connectivity index (χ0n) is 10.5. The normalized spacial score (nSPS) is 18.2. The van der Waals surface area contributed by atoms with Crippen molar-refractivity contribution in [3.8, 4) is 0 Å². The molecular weight excluding hydrogens is 216 g/mol. The summed E-state index contributed by atoms with van der Waals surface area (Å²) >= 11 is 1.72. The zero-order chi connectivity index (χ0) is 11.8. The summed E-state index contributed by atoms with van der Waals surface area (Å²) in [6.45, 7) is 6.71. The number of anilines is 1. The van der Waals surface area contributed by atoms with Crippen molar-refractivity contribution in [2.45, 2.75) is 58.8 Å². The molecule has 0 spiro atoms. The molecule has 90 valence electrons. The third-order valence-corrected chi connectivity index (χ3v) is 4.24. The van der Waals surface area contributed by atoms with Gasteiger partial charge in [-0.25, -0.2) is 4.98 Å². The molecule has 0 unspecified atom stereocenters. The van der Waals surface area contributed by atoms with Crippen LogP contribution in [0.4, 0.5) is 5.00 Å². The molecule has 1 aromatic heterocycles. The molecular formula is C13H22N2S. The summed E-state index contributed by atoms with van der Waals surface area (Å²) in [6.07, 6.45) is 6.32. The average Bonchev–Trinajstić information content (AvgIpc) is 2.73. The summed E-state index contributed by atoms with van der Waals surface area (Å²) in [6, 6.07) is 0. The second-order valence-corrected chi connectivity index (χ2v) is 7.14. The summed E-state index contributed by atoms with van der Waals surface area (Å²) in [5, 5.41) is 2.23. The van der Waals surface area contributed by atoms with Gasteiger partial charge in [-0.1, -0.05) is 33.6 Å². The highest BCUT2D eigenvalue weighted by molar-refractivity contribution is 7.15. The second kappa shape index (κ2) is 4.36. The van der Waals surface area contributed by atoms with Crippen LogP contribution in [0.25, 0.3) is 0 Å². The van der Waals surface area contributed by atoms with Crippen molar-refractivity contribution >= 4 is 16.3 Å². The summed E-state index contributed by atoms with van der Waals surface area (Å²) in [5.41, 5.74) is 7.47. The van der Waals surface area contributed by atoms with Crippen LogP contribution in [0.3, 0.4) is 0 Å². The Labute approximate surface area is 102 Å². The van der Waals surface area contributed by atoms with Gasteiger partial charge in [0.05, 0.1) is 10.7 Å². The van der Waals surface area contributed by atoms with Gasteiger partial charge in [0.1, 0.15) is 5.00 Å². The van der Waals surface area contributed by atoms with Gasteiger partial charge in [0.2, 0.25) is 0 Å². The van der Waals surface area contributed by atoms with Gasteiger partial charge in [-0.15, -0.1) is 11.3 Å². The fourth-order valence-electron chi connectivity index (χ4n) is 2.36. The van der Waals surface area contributed by atoms with Crippen molar-refractivity contribution in [2.75, 3.05) is 5.73 Å². The molecule has 1 aliphatic carbocycles. The molecule has 1 heterocycles. The van der Waals surface area contributed by atoms with E-state index < -0.39 is 0 Å². The lowest BCUT2D eigenvalue weighted by Gasteiger charge is -2.16. The number of rotatable bonds is 2. The Balaban J connectivity index is 2.15. The van der Waals surface area contributed by atoms with E-state index in [0.29, 0.717) is 5.92 Å². The molecule has 1 aromatic rings. The maximum atomic E-state index is 6.07. The predicted molar refractivity (Wildman–Crippen MR) is 70.9 cm³/mol. The van der Waals surface area contributed by atoms with Crippen LogP contribution in [0.5, 0.6) is 0 Å². The number of hydrogen-bond donors (Lipinski definition) is 1. The molecule has 0 saturated heterocycles. The van der Waals surface area contributed by atoms with Crippen molar-refractivity contribution in [1.82, 2.24) is 4.98 Å². The third-order valence-electron chi connectivity index (χ3n) is 3.15. The number of nitrogens with zero attached hydrogens (tertiary/aromatic N) is 1. The fraction of sp³-hybridized carbons (Fsp3) is 0.769. The largest absolute Gasteiger partial charge is 0.389 e. The van der Waals surface area contributed by atoms with E-state index in [9.17, 15) is 0 Å². The Bertz CT molecular complexity index is 356. The van der Waals surface area contributed by atoms with Crippen LogP contribution >= 0.6 is 11.3 Å². The molecule has 2 N–H and O–H groups in total. The minimum absolute atomic E-state index is 0.273. The summed E-state index contributed by atoms with van der Waals surface area (Å²) in [4.78, 5) is 4.77. The maximum absolute atomic E-state index is 6.07. The molecule has 0 aromatic carbocycles. The smallest absolute Gasteiger partial charge is 0.109 e. The van der Waals surface area contributed by atoms with Crippen LogP contribution in [0.2, 0.25) is 0 Å². The monoisotopic (exact) mass is 238 g/mol. The summed E-state index contributed by atoms with van der Waals surface area (Å²) in [7, 11) is 0. The van der Waals surface area contributed by atoms with E-state index in [1.165, 1.54) is 30.7 Å². The van der Waals surface area contributed by atoms with Crippen LogP contribution in [-0.2, 0) is 6.42 Å². The molecule has 0 amide bonds. The number of hydrogen-bond acceptors (Lipinski definition) is 3. The minimum atomic E-state index is 0.273. The first kappa shape index (κ1) is 11.9. The first-order valence-corrected chi connectivity index (χ1v) is 7.02. The first-order chi connectivity index (χ1) is 7.46. The zero-order valence-corrected chi connectivity index (χ0v) is 11.4. The van der Waals surface area contributed by atoms with Crippen LogP contribution < -0.4 is 5.73 Å². The van der Waals surface area contributed by atoms with Crippen molar-refractivity contribution < 1.29 is 0 Å². The average molecular weight is 238 g/mol. The molecule has 0 aliphatic heterocycles. The molecule has 2 rings (SSSR count). The fourth-order valence-corrected chi connectivity index (χ4v) is 3.38. The van der Waals surface area contributed by atoms with Gasteiger partial charge in [-0.3, -0.25) is 0 Å². The van der Waals surface area contributed by atoms with Gasteiger partial charge < -0.3 is 5.73 Å². The predicted octanol–water partition coefficient (Wildman–Crippen LogP) is 3.97. The Morgan fingerprint density at radius 1 is 1.31 bits per heavy atom. The molecule has 1 aliphatic rings. The topological polar surface area (TPSA) is 38.9 Å². The highest BCUT2D eigenvalue weighted by Gasteiger charge is 2.23. The Morgan fingerprint density at radius 3 is 2.50 bits per heavy atom. The first-order valence-electron chi connectivity index (χ1n) is 6.21. The molecule has 0 atom stereocenters. The lowest BCUT2D eigenvalue weighted by Crippen LogP contribution is -2.10. The molecule has 1 saturated carbocycles. The quantitative estimate of drug-likeness (QED) is 0.846. The summed E-state index contributed by atoms with van der Waals surface area (Å²) in [5.74, 6) is 0.695. The summed E-state index contributed by atoms with van der Waals surface area (Å²) < 4.78 is 0. The van der Waals surface area contributed by atoms with Crippen molar-refractivity contribution in [1.29, 1.82) is 0 Å². The van der Waals surface area contributed by atoms with E-state index in [-0.39, 0.29) is 5.41 Å². The molecule has 16 heavy (non-hydrogen) atoms. The van der Waals surface area contributed by atoms with Crippen molar-refractivity contribution in [2.24, 2.45) is 5.41 Å². The Kier molecular flexibility index (Phi) is 3.24. The Hall–Kier alpha value is -0.570. The highest BCUT2D eigenvalue weighted by atomic mass is 32.1. The lowest BCUT2D eigenvalue weighted by atomic mass is 9.91. The van der Waals surface area contributed by atoms with Gasteiger partial charge in [-0.05, 0) is 24.7 Å². The molecule has 0 radical (unpaired) electrons. The van der Waals surface area contributed by atoms with E-state index in [0.717, 1.165) is 17.1 Å². The van der Waals surface area contributed by atoms with Crippen molar-refractivity contribution in [3.63, 3.8) is 0 Å². The highest BCUT2D eigenvalue weighted by Crippen LogP contribution is 2.39. The van der Waals surface area contributed by atoms with Gasteiger partial charge in [0.15, 0.2) is 0 Å². The Morgan fingerprint density at radius 2 is 1.94 bits per heavy atom. The second-order valence-electron chi connectivity index (χ2n) is 6.08. The van der Waals surface area contributed by atoms with Crippen LogP contribution in [0.15, 0.2) is 0 Å². The van der Waals surface area contributed by atoms with Crippen LogP contribution in [0, 0.1) is 5.41 Å². The molecule has 3 heteroatoms. The van der Waals surface area contributed by atoms with Gasteiger partial charge >= 0.3 is 0 Å². The standard InChI is InChI=1S/C13H22N2S/c1-13(2,3)8-10-11(14)16-12(15-10)9-6-4-5-7-9/h9H,4-8,14H2,1-3H3. The minimum Gasteiger partial charge on any atom is -0.389 e. The molecule has 2 nitrogen and oxygen atoms in total. The number of thiazole rings is 1. The van der Waals surface area contributed by atoms with Crippen molar-refractivity contribution in [3.05, 3.63) is 10.7 Å². The third kappa shape index (κ3) is 2.76. The molecule has 0 bridgehead atoms. The number of nitrogens with two attached hydrogens (primary N) is 1. The van der Waals surface area contributed by atoms with E-state index in [1.807, 2.05) is 0 Å². The SMILES string of the molecule is CC(C)(C)Cc1nc(C2CCCC2)sc1N. The number of aromatic nitrogens is 1. The maximum Gasteiger partial charge on any atom is 0.109 e. The lowest BCUT2D eigenvalue weighted by molar-refractivity contribution is 0.407. The number of nitrogen functional groups attached to an aromatic ring is 1. The van der Waals surface area contributed by atoms with Gasteiger partial charge in [-0.2, -0.15) is 0 Å². The van der Waals surface area contributed by atoms with E-state index >= 15 is 0 Å². The van der Waals surface area contributed by atoms with Crippen LogP contribution in [-0.4, -0.2) is 4.98 Å².